The van der Waals surface area contributed by atoms with Crippen molar-refractivity contribution in [2.75, 3.05) is 18.0 Å². The Balaban J connectivity index is 1.56. The Labute approximate surface area is 147 Å². The molecule has 0 aromatic carbocycles. The fraction of sp³-hybridized carbons (Fsp3) is 0.389. The minimum atomic E-state index is -0.171. The molecule has 0 unspecified atom stereocenters. The van der Waals surface area contributed by atoms with Gasteiger partial charge < -0.3 is 10.2 Å². The van der Waals surface area contributed by atoms with Crippen LogP contribution in [0.15, 0.2) is 36.7 Å². The third-order valence-corrected chi connectivity index (χ3v) is 4.41. The molecule has 6 heteroatoms. The van der Waals surface area contributed by atoms with Gasteiger partial charge in [-0.15, -0.1) is 0 Å². The first-order valence-corrected chi connectivity index (χ1v) is 8.70. The lowest BCUT2D eigenvalue weighted by atomic mass is 10.2. The summed E-state index contributed by atoms with van der Waals surface area (Å²) < 4.78 is 0. The lowest BCUT2D eigenvalue weighted by molar-refractivity contribution is 0.0950. The van der Waals surface area contributed by atoms with Gasteiger partial charge in [0.2, 0.25) is 0 Å². The minimum Gasteiger partial charge on any atom is -0.357 e. The highest BCUT2D eigenvalue weighted by molar-refractivity contribution is 6.29. The number of hydrogen-bond acceptors (Lipinski definition) is 4. The summed E-state index contributed by atoms with van der Waals surface area (Å²) in [6.07, 6.45) is 8.38. The van der Waals surface area contributed by atoms with Crippen LogP contribution in [0.2, 0.25) is 5.15 Å². The number of hydrogen-bond donors (Lipinski definition) is 1. The molecule has 3 rings (SSSR count). The molecule has 1 amide bonds. The average Bonchev–Trinajstić information content (AvgIpc) is 2.90. The van der Waals surface area contributed by atoms with Gasteiger partial charge in [0.05, 0.1) is 5.56 Å². The number of pyridine rings is 2. The second kappa shape index (κ2) is 8.11. The van der Waals surface area contributed by atoms with Gasteiger partial charge in [0.25, 0.3) is 5.91 Å². The fourth-order valence-electron chi connectivity index (χ4n) is 2.80. The summed E-state index contributed by atoms with van der Waals surface area (Å²) in [4.78, 5) is 22.9. The number of amides is 1. The van der Waals surface area contributed by atoms with Gasteiger partial charge in [0.15, 0.2) is 0 Å². The van der Waals surface area contributed by atoms with Crippen molar-refractivity contribution in [1.29, 1.82) is 0 Å². The highest BCUT2D eigenvalue weighted by atomic mass is 35.5. The summed E-state index contributed by atoms with van der Waals surface area (Å²) in [6, 6.07) is 7.32. The maximum atomic E-state index is 12.1. The van der Waals surface area contributed by atoms with Crippen molar-refractivity contribution in [3.05, 3.63) is 52.9 Å². The molecule has 1 N–H and O–H groups in total. The number of rotatable bonds is 4. The number of halogens is 1. The van der Waals surface area contributed by atoms with Gasteiger partial charge in [-0.2, -0.15) is 0 Å². The molecule has 1 aliphatic rings. The zero-order valence-corrected chi connectivity index (χ0v) is 14.3. The maximum Gasteiger partial charge on any atom is 0.253 e. The molecule has 126 valence electrons. The van der Waals surface area contributed by atoms with E-state index in [1.165, 1.54) is 31.9 Å². The first kappa shape index (κ1) is 16.7. The third kappa shape index (κ3) is 4.45. The van der Waals surface area contributed by atoms with E-state index in [9.17, 15) is 4.79 Å². The molecular weight excluding hydrogens is 324 g/mol. The lowest BCUT2D eigenvalue weighted by Gasteiger charge is -2.21. The first-order valence-electron chi connectivity index (χ1n) is 8.32. The highest BCUT2D eigenvalue weighted by Crippen LogP contribution is 2.17. The van der Waals surface area contributed by atoms with Crippen molar-refractivity contribution >= 4 is 23.3 Å². The van der Waals surface area contributed by atoms with Gasteiger partial charge in [0, 0.05) is 32.0 Å². The molecule has 2 aromatic heterocycles. The van der Waals surface area contributed by atoms with Crippen molar-refractivity contribution in [3.63, 3.8) is 0 Å². The van der Waals surface area contributed by atoms with E-state index < -0.39 is 0 Å². The normalized spacial score (nSPS) is 15.0. The zero-order chi connectivity index (χ0) is 16.8. The molecule has 0 atom stereocenters. The Morgan fingerprint density at radius 3 is 2.46 bits per heavy atom. The average molecular weight is 345 g/mol. The summed E-state index contributed by atoms with van der Waals surface area (Å²) in [5, 5.41) is 3.24. The van der Waals surface area contributed by atoms with Crippen molar-refractivity contribution in [3.8, 4) is 0 Å². The van der Waals surface area contributed by atoms with Gasteiger partial charge in [-0.1, -0.05) is 30.5 Å². The Morgan fingerprint density at radius 2 is 1.83 bits per heavy atom. The van der Waals surface area contributed by atoms with Crippen LogP contribution in [0.5, 0.6) is 0 Å². The minimum absolute atomic E-state index is 0.171. The van der Waals surface area contributed by atoms with Crippen LogP contribution in [0.25, 0.3) is 0 Å². The van der Waals surface area contributed by atoms with E-state index >= 15 is 0 Å². The Kier molecular flexibility index (Phi) is 5.64. The van der Waals surface area contributed by atoms with Gasteiger partial charge in [-0.3, -0.25) is 4.79 Å². The van der Waals surface area contributed by atoms with Crippen LogP contribution in [0.1, 0.15) is 41.6 Å². The van der Waals surface area contributed by atoms with Crippen molar-refractivity contribution in [2.24, 2.45) is 0 Å². The van der Waals surface area contributed by atoms with Gasteiger partial charge in [-0.05, 0) is 36.6 Å². The maximum absolute atomic E-state index is 12.1. The number of nitrogens with one attached hydrogen (secondary N) is 1. The molecule has 0 radical (unpaired) electrons. The predicted molar refractivity (Wildman–Crippen MR) is 95.3 cm³/mol. The summed E-state index contributed by atoms with van der Waals surface area (Å²) in [6.45, 7) is 2.59. The summed E-state index contributed by atoms with van der Waals surface area (Å²) >= 11 is 5.72. The molecule has 0 bridgehead atoms. The number of aromatic nitrogens is 2. The van der Waals surface area contributed by atoms with E-state index in [1.807, 2.05) is 18.3 Å². The molecule has 0 spiro atoms. The second-order valence-electron chi connectivity index (χ2n) is 5.98. The standard InChI is InChI=1S/C18H21ClN4O/c19-16-7-6-15(13-20-16)18(24)22-12-14-5-8-17(21-11-14)23-9-3-1-2-4-10-23/h5-8,11,13H,1-4,9-10,12H2,(H,22,24). The van der Waals surface area contributed by atoms with Crippen LogP contribution < -0.4 is 10.2 Å². The molecule has 0 saturated carbocycles. The molecule has 2 aromatic rings. The monoisotopic (exact) mass is 344 g/mol. The Bertz CT molecular complexity index is 664. The molecule has 1 aliphatic heterocycles. The fourth-order valence-corrected chi connectivity index (χ4v) is 2.91. The van der Waals surface area contributed by atoms with E-state index in [1.54, 1.807) is 12.1 Å². The van der Waals surface area contributed by atoms with E-state index in [0.717, 1.165) is 24.5 Å². The zero-order valence-electron chi connectivity index (χ0n) is 13.5. The van der Waals surface area contributed by atoms with Crippen LogP contribution >= 0.6 is 11.6 Å². The molecule has 3 heterocycles. The van der Waals surface area contributed by atoms with Gasteiger partial charge in [-0.25, -0.2) is 9.97 Å². The molecule has 5 nitrogen and oxygen atoms in total. The Morgan fingerprint density at radius 1 is 1.04 bits per heavy atom. The third-order valence-electron chi connectivity index (χ3n) is 4.18. The van der Waals surface area contributed by atoms with E-state index in [2.05, 4.69) is 20.2 Å². The summed E-state index contributed by atoms with van der Waals surface area (Å²) in [7, 11) is 0. The van der Waals surface area contributed by atoms with Gasteiger partial charge >= 0.3 is 0 Å². The molecule has 1 fully saturated rings. The number of anilines is 1. The summed E-state index contributed by atoms with van der Waals surface area (Å²) in [5.41, 5.74) is 1.47. The Hall–Kier alpha value is -2.14. The highest BCUT2D eigenvalue weighted by Gasteiger charge is 2.11. The second-order valence-corrected chi connectivity index (χ2v) is 6.37. The molecule has 24 heavy (non-hydrogen) atoms. The largest absolute Gasteiger partial charge is 0.357 e. The van der Waals surface area contributed by atoms with Crippen LogP contribution in [0, 0.1) is 0 Å². The van der Waals surface area contributed by atoms with Crippen LogP contribution in [0.4, 0.5) is 5.82 Å². The lowest BCUT2D eigenvalue weighted by Crippen LogP contribution is -2.25. The molecule has 1 saturated heterocycles. The van der Waals surface area contributed by atoms with Crippen molar-refractivity contribution in [2.45, 2.75) is 32.2 Å². The number of carbonyl (C=O) groups is 1. The number of carbonyl (C=O) groups excluding carboxylic acids is 1. The van der Waals surface area contributed by atoms with Crippen LogP contribution in [-0.4, -0.2) is 29.0 Å². The topological polar surface area (TPSA) is 58.1 Å². The smallest absolute Gasteiger partial charge is 0.253 e. The number of nitrogens with zero attached hydrogens (tertiary/aromatic N) is 3. The van der Waals surface area contributed by atoms with E-state index in [0.29, 0.717) is 17.3 Å². The van der Waals surface area contributed by atoms with Crippen molar-refractivity contribution < 1.29 is 4.79 Å². The molecular formula is C18H21ClN4O. The van der Waals surface area contributed by atoms with E-state index in [-0.39, 0.29) is 5.91 Å². The first-order chi connectivity index (χ1) is 11.7. The van der Waals surface area contributed by atoms with Crippen LogP contribution in [-0.2, 0) is 6.54 Å². The van der Waals surface area contributed by atoms with Crippen LogP contribution in [0.3, 0.4) is 0 Å². The molecule has 0 aliphatic carbocycles. The van der Waals surface area contributed by atoms with Crippen molar-refractivity contribution in [1.82, 2.24) is 15.3 Å². The van der Waals surface area contributed by atoms with Gasteiger partial charge in [0.1, 0.15) is 11.0 Å². The predicted octanol–water partition coefficient (Wildman–Crippen LogP) is 3.44. The quantitative estimate of drug-likeness (QED) is 0.863. The van der Waals surface area contributed by atoms with E-state index in [4.69, 9.17) is 11.6 Å². The SMILES string of the molecule is O=C(NCc1ccc(N2CCCCCC2)nc1)c1ccc(Cl)nc1. The summed E-state index contributed by atoms with van der Waals surface area (Å²) in [5.74, 6) is 0.852.